The number of amides is 2. The number of methoxy groups -OCH3 is 2. The van der Waals surface area contributed by atoms with Gasteiger partial charge in [-0.25, -0.2) is 4.79 Å². The number of carbonyl (C=O) groups excluding carboxylic acids is 2. The van der Waals surface area contributed by atoms with Crippen molar-refractivity contribution in [1.29, 1.82) is 0 Å². The summed E-state index contributed by atoms with van der Waals surface area (Å²) in [7, 11) is 3.26. The van der Waals surface area contributed by atoms with Crippen LogP contribution in [0.3, 0.4) is 0 Å². The smallest absolute Gasteiger partial charge is 0.407 e. The highest BCUT2D eigenvalue weighted by molar-refractivity contribution is 5.76. The summed E-state index contributed by atoms with van der Waals surface area (Å²) in [6, 6.07) is 34.9. The molecule has 0 spiro atoms. The normalized spacial score (nSPS) is 16.8. The molecule has 1 saturated heterocycles. The summed E-state index contributed by atoms with van der Waals surface area (Å²) in [5.41, 5.74) is 2.57. The first-order valence-corrected chi connectivity index (χ1v) is 16.8. The fourth-order valence-electron chi connectivity index (χ4n) is 6.40. The first-order valence-electron chi connectivity index (χ1n) is 16.8. The molecular weight excluding hydrogens is 620 g/mol. The van der Waals surface area contributed by atoms with Crippen molar-refractivity contribution in [2.75, 3.05) is 33.9 Å². The Bertz CT molecular complexity index is 1600. The summed E-state index contributed by atoms with van der Waals surface area (Å²) >= 11 is 0. The number of β-amino-alcohol motifs (C(OH)–C–C–N with tert-alkyl or cyclic N) is 1. The fraction of sp³-hybridized carbons (Fsp3) is 0.350. The molecule has 3 atom stereocenters. The van der Waals surface area contributed by atoms with E-state index in [-0.39, 0.29) is 25.7 Å². The Kier molecular flexibility index (Phi) is 12.7. The minimum Gasteiger partial charge on any atom is -0.497 e. The molecule has 0 aliphatic carbocycles. The van der Waals surface area contributed by atoms with Gasteiger partial charge in [0.15, 0.2) is 0 Å². The van der Waals surface area contributed by atoms with E-state index in [0.29, 0.717) is 31.7 Å². The minimum absolute atomic E-state index is 0.0105. The number of alkyl carbamates (subject to hydrolysis) is 1. The van der Waals surface area contributed by atoms with Gasteiger partial charge in [-0.15, -0.1) is 0 Å². The number of carbonyl (C=O) groups is 2. The average molecular weight is 667 g/mol. The van der Waals surface area contributed by atoms with Gasteiger partial charge in [-0.1, -0.05) is 91.3 Å². The Morgan fingerprint density at radius 2 is 1.33 bits per heavy atom. The third-order valence-electron chi connectivity index (χ3n) is 9.06. The van der Waals surface area contributed by atoms with Gasteiger partial charge < -0.3 is 34.3 Å². The van der Waals surface area contributed by atoms with Crippen LogP contribution in [-0.4, -0.2) is 62.0 Å². The van der Waals surface area contributed by atoms with Gasteiger partial charge in [0.2, 0.25) is 5.91 Å². The molecule has 1 heterocycles. The van der Waals surface area contributed by atoms with E-state index in [1.165, 1.54) is 0 Å². The number of rotatable bonds is 16. The SMILES string of the molecule is COc1ccc(COC(c2ccccc2)(c2ccc(OC)cc2)C2CN(C(=O)CCCCCNC(=O)OCc3ccccc3)CC2O)cc1. The molecule has 1 fully saturated rings. The maximum Gasteiger partial charge on any atom is 0.407 e. The Hall–Kier alpha value is -4.86. The Balaban J connectivity index is 1.24. The van der Waals surface area contributed by atoms with Gasteiger partial charge in [-0.2, -0.15) is 0 Å². The molecule has 9 heteroatoms. The van der Waals surface area contributed by atoms with Gasteiger partial charge in [-0.05, 0) is 59.4 Å². The minimum atomic E-state index is -1.07. The monoisotopic (exact) mass is 666 g/mol. The van der Waals surface area contributed by atoms with Crippen LogP contribution in [0.1, 0.15) is 47.9 Å². The summed E-state index contributed by atoms with van der Waals surface area (Å²) in [6.07, 6.45) is 1.25. The molecule has 4 aromatic rings. The van der Waals surface area contributed by atoms with Crippen LogP contribution >= 0.6 is 0 Å². The number of hydrogen-bond donors (Lipinski definition) is 2. The second-order valence-corrected chi connectivity index (χ2v) is 12.2. The second kappa shape index (κ2) is 17.5. The van der Waals surface area contributed by atoms with Crippen molar-refractivity contribution in [2.45, 2.75) is 50.6 Å². The predicted octanol–water partition coefficient (Wildman–Crippen LogP) is 6.47. The standard InChI is InChI=1S/C40H46N2O7/c1-46-34-21-17-31(18-22-34)29-49-40(32-14-8-4-9-15-32,33-19-23-35(47-2)24-20-33)36-26-42(27-37(36)43)38(44)16-10-5-11-25-41-39(45)48-28-30-12-6-3-7-13-30/h3-4,6-9,12-15,17-24,36-37,43H,5,10-11,16,25-29H2,1-2H3,(H,41,45). The van der Waals surface area contributed by atoms with E-state index in [4.69, 9.17) is 18.9 Å². The van der Waals surface area contributed by atoms with E-state index in [9.17, 15) is 14.7 Å². The zero-order valence-corrected chi connectivity index (χ0v) is 28.3. The molecule has 0 radical (unpaired) electrons. The lowest BCUT2D eigenvalue weighted by atomic mass is 9.74. The number of likely N-dealkylation sites (tertiary alicyclic amines) is 1. The van der Waals surface area contributed by atoms with Gasteiger partial charge in [0.25, 0.3) is 0 Å². The Labute approximate surface area is 288 Å². The molecule has 9 nitrogen and oxygen atoms in total. The van der Waals surface area contributed by atoms with E-state index in [1.54, 1.807) is 19.1 Å². The van der Waals surface area contributed by atoms with Crippen LogP contribution in [0.15, 0.2) is 109 Å². The second-order valence-electron chi connectivity index (χ2n) is 12.2. The number of nitrogens with one attached hydrogen (secondary N) is 1. The van der Waals surface area contributed by atoms with Gasteiger partial charge in [0, 0.05) is 32.0 Å². The lowest BCUT2D eigenvalue weighted by Gasteiger charge is -2.41. The maximum atomic E-state index is 13.5. The van der Waals surface area contributed by atoms with Crippen molar-refractivity contribution >= 4 is 12.0 Å². The van der Waals surface area contributed by atoms with E-state index in [0.717, 1.165) is 40.8 Å². The van der Waals surface area contributed by atoms with Crippen molar-refractivity contribution in [3.8, 4) is 11.5 Å². The van der Waals surface area contributed by atoms with E-state index >= 15 is 0 Å². The van der Waals surface area contributed by atoms with Crippen LogP contribution < -0.4 is 14.8 Å². The third-order valence-corrected chi connectivity index (χ3v) is 9.06. The van der Waals surface area contributed by atoms with Gasteiger partial charge in [0.1, 0.15) is 23.7 Å². The number of ether oxygens (including phenoxy) is 4. The highest BCUT2D eigenvalue weighted by Crippen LogP contribution is 2.46. The van der Waals surface area contributed by atoms with E-state index < -0.39 is 23.7 Å². The predicted molar refractivity (Wildman–Crippen MR) is 187 cm³/mol. The molecule has 2 amide bonds. The van der Waals surface area contributed by atoms with Gasteiger partial charge in [0.05, 0.1) is 26.9 Å². The highest BCUT2D eigenvalue weighted by atomic mass is 16.5. The lowest BCUT2D eigenvalue weighted by molar-refractivity contribution is -0.131. The zero-order chi connectivity index (χ0) is 34.5. The molecule has 2 N–H and O–H groups in total. The topological polar surface area (TPSA) is 107 Å². The number of hydrogen-bond acceptors (Lipinski definition) is 7. The number of benzene rings is 4. The largest absolute Gasteiger partial charge is 0.497 e. The molecule has 1 aliphatic heterocycles. The molecular formula is C40H46N2O7. The summed E-state index contributed by atoms with van der Waals surface area (Å²) in [4.78, 5) is 27.3. The summed E-state index contributed by atoms with van der Waals surface area (Å²) in [5.74, 6) is 1.01. The maximum absolute atomic E-state index is 13.5. The van der Waals surface area contributed by atoms with Crippen molar-refractivity contribution in [3.05, 3.63) is 131 Å². The molecule has 0 bridgehead atoms. The summed E-state index contributed by atoms with van der Waals surface area (Å²) in [6.45, 7) is 1.52. The molecule has 1 aliphatic rings. The van der Waals surface area contributed by atoms with Crippen molar-refractivity contribution in [2.24, 2.45) is 5.92 Å². The number of unbranched alkanes of at least 4 members (excludes halogenated alkanes) is 2. The van der Waals surface area contributed by atoms with Crippen LogP contribution in [0, 0.1) is 5.92 Å². The number of aliphatic hydroxyl groups is 1. The molecule has 49 heavy (non-hydrogen) atoms. The Morgan fingerprint density at radius 1 is 0.735 bits per heavy atom. The van der Waals surface area contributed by atoms with Crippen LogP contribution in [0.2, 0.25) is 0 Å². The molecule has 3 unspecified atom stereocenters. The van der Waals surface area contributed by atoms with Crippen LogP contribution in [0.5, 0.6) is 11.5 Å². The van der Waals surface area contributed by atoms with Crippen molar-refractivity contribution in [1.82, 2.24) is 10.2 Å². The summed E-state index contributed by atoms with van der Waals surface area (Å²) < 4.78 is 23.0. The quantitative estimate of drug-likeness (QED) is 0.132. The van der Waals surface area contributed by atoms with Crippen molar-refractivity contribution in [3.63, 3.8) is 0 Å². The molecule has 0 aromatic heterocycles. The lowest BCUT2D eigenvalue weighted by Crippen LogP contribution is -2.45. The zero-order valence-electron chi connectivity index (χ0n) is 28.3. The highest BCUT2D eigenvalue weighted by Gasteiger charge is 2.51. The van der Waals surface area contributed by atoms with Crippen LogP contribution in [0.25, 0.3) is 0 Å². The van der Waals surface area contributed by atoms with E-state index in [1.807, 2.05) is 109 Å². The third kappa shape index (κ3) is 9.19. The van der Waals surface area contributed by atoms with Crippen molar-refractivity contribution < 1.29 is 33.6 Å². The molecule has 5 rings (SSSR count). The van der Waals surface area contributed by atoms with Crippen LogP contribution in [-0.2, 0) is 33.1 Å². The summed E-state index contributed by atoms with van der Waals surface area (Å²) in [5, 5.41) is 14.5. The number of aliphatic hydroxyl groups excluding tert-OH is 1. The van der Waals surface area contributed by atoms with Gasteiger partial charge in [-0.3, -0.25) is 4.79 Å². The van der Waals surface area contributed by atoms with Crippen LogP contribution in [0.4, 0.5) is 4.79 Å². The Morgan fingerprint density at radius 3 is 1.98 bits per heavy atom. The van der Waals surface area contributed by atoms with Gasteiger partial charge >= 0.3 is 6.09 Å². The first-order chi connectivity index (χ1) is 23.9. The first kappa shape index (κ1) is 35.4. The molecule has 0 saturated carbocycles. The fourth-order valence-corrected chi connectivity index (χ4v) is 6.40. The average Bonchev–Trinajstić information content (AvgIpc) is 3.55. The number of nitrogens with zero attached hydrogens (tertiary/aromatic N) is 1. The molecule has 4 aromatic carbocycles. The molecule has 258 valence electrons. The van der Waals surface area contributed by atoms with E-state index in [2.05, 4.69) is 5.32 Å².